The molecule has 4 rings (SSSR count). The largest absolute Gasteiger partial charge is 0.466 e. The summed E-state index contributed by atoms with van der Waals surface area (Å²) in [7, 11) is 0. The van der Waals surface area contributed by atoms with E-state index >= 15 is 0 Å². The maximum Gasteiger partial charge on any atom is 0.434 e. The lowest BCUT2D eigenvalue weighted by atomic mass is 9.93. The highest BCUT2D eigenvalue weighted by Gasteiger charge is 2.40. The SMILES string of the molecule is CC(=O)OCCC1CCN(c2ncc(CC(=O)c3cnn(-c4ccc(Cl)cc4)c3C(F)(F)F)cc2C#N)CC1. The fourth-order valence-electron chi connectivity index (χ4n) is 4.62. The third-order valence-electron chi connectivity index (χ3n) is 6.56. The van der Waals surface area contributed by atoms with Gasteiger partial charge in [-0.2, -0.15) is 23.5 Å². The highest BCUT2D eigenvalue weighted by atomic mass is 35.5. The number of anilines is 1. The van der Waals surface area contributed by atoms with Crippen molar-refractivity contribution in [2.75, 3.05) is 24.6 Å². The summed E-state index contributed by atoms with van der Waals surface area (Å²) >= 11 is 5.84. The number of rotatable bonds is 8. The van der Waals surface area contributed by atoms with Gasteiger partial charge >= 0.3 is 12.1 Å². The second kappa shape index (κ2) is 11.9. The topological polar surface area (TPSA) is 101 Å². The molecule has 204 valence electrons. The second-order valence-corrected chi connectivity index (χ2v) is 9.71. The number of halogens is 4. The van der Waals surface area contributed by atoms with Crippen molar-refractivity contribution >= 4 is 29.2 Å². The number of esters is 1. The van der Waals surface area contributed by atoms with Crippen molar-refractivity contribution in [1.82, 2.24) is 14.8 Å². The summed E-state index contributed by atoms with van der Waals surface area (Å²) in [5.74, 6) is -0.244. The molecule has 1 aliphatic heterocycles. The van der Waals surface area contributed by atoms with Gasteiger partial charge in [-0.3, -0.25) is 9.59 Å². The van der Waals surface area contributed by atoms with Crippen LogP contribution >= 0.6 is 11.6 Å². The Bertz CT molecular complexity index is 1390. The summed E-state index contributed by atoms with van der Waals surface area (Å²) in [5.41, 5.74) is -1.08. The van der Waals surface area contributed by atoms with Crippen LogP contribution in [-0.2, 0) is 22.1 Å². The summed E-state index contributed by atoms with van der Waals surface area (Å²) in [6, 6.07) is 9.20. The van der Waals surface area contributed by atoms with Crippen molar-refractivity contribution < 1.29 is 27.5 Å². The fraction of sp³-hybridized carbons (Fsp3) is 0.370. The molecule has 0 atom stereocenters. The van der Waals surface area contributed by atoms with Crippen LogP contribution in [0.3, 0.4) is 0 Å². The predicted molar refractivity (Wildman–Crippen MR) is 137 cm³/mol. The first-order valence-corrected chi connectivity index (χ1v) is 12.7. The summed E-state index contributed by atoms with van der Waals surface area (Å²) in [4.78, 5) is 30.3. The third kappa shape index (κ3) is 6.75. The zero-order valence-electron chi connectivity index (χ0n) is 21.0. The Balaban J connectivity index is 1.49. The lowest BCUT2D eigenvalue weighted by Crippen LogP contribution is -2.35. The normalized spacial score (nSPS) is 14.2. The van der Waals surface area contributed by atoms with Crippen LogP contribution in [0.4, 0.5) is 19.0 Å². The van der Waals surface area contributed by atoms with E-state index in [0.29, 0.717) is 46.7 Å². The van der Waals surface area contributed by atoms with Crippen LogP contribution in [0.1, 0.15) is 53.4 Å². The Kier molecular flexibility index (Phi) is 8.55. The molecule has 0 spiro atoms. The first kappa shape index (κ1) is 28.1. The standard InChI is InChI=1S/C27H25ClF3N5O3/c1-17(37)39-11-8-18-6-9-35(10-7-18)26-20(14-32)12-19(15-33-26)13-24(38)23-16-34-36(25(23)27(29,30)31)22-4-2-21(28)3-5-22/h2-5,12,15-16,18H,6-11,13H2,1H3. The Morgan fingerprint density at radius 3 is 2.49 bits per heavy atom. The number of piperidine rings is 1. The first-order chi connectivity index (χ1) is 18.6. The van der Waals surface area contributed by atoms with Gasteiger partial charge in [0.15, 0.2) is 11.5 Å². The number of nitriles is 1. The van der Waals surface area contributed by atoms with Gasteiger partial charge in [0.05, 0.1) is 29.6 Å². The molecule has 39 heavy (non-hydrogen) atoms. The lowest BCUT2D eigenvalue weighted by molar-refractivity contribution is -0.143. The van der Waals surface area contributed by atoms with Crippen LogP contribution in [0.5, 0.6) is 0 Å². The van der Waals surface area contributed by atoms with Gasteiger partial charge in [-0.1, -0.05) is 11.6 Å². The van der Waals surface area contributed by atoms with Crippen LogP contribution < -0.4 is 4.90 Å². The fourth-order valence-corrected chi connectivity index (χ4v) is 4.74. The molecule has 3 heterocycles. The number of aromatic nitrogens is 3. The van der Waals surface area contributed by atoms with Gasteiger partial charge in [0, 0.05) is 37.7 Å². The van der Waals surface area contributed by atoms with Gasteiger partial charge < -0.3 is 9.64 Å². The minimum absolute atomic E-state index is 0.110. The number of carbonyl (C=O) groups is 2. The molecule has 1 saturated heterocycles. The predicted octanol–water partition coefficient (Wildman–Crippen LogP) is 5.41. The molecular weight excluding hydrogens is 535 g/mol. The number of carbonyl (C=O) groups excluding carboxylic acids is 2. The van der Waals surface area contributed by atoms with E-state index in [1.807, 2.05) is 4.90 Å². The number of benzene rings is 1. The molecule has 12 heteroatoms. The molecule has 2 aromatic heterocycles. The molecular formula is C27H25ClF3N5O3. The van der Waals surface area contributed by atoms with E-state index in [2.05, 4.69) is 16.2 Å². The number of ketones is 1. The Hall–Kier alpha value is -3.91. The number of hydrogen-bond acceptors (Lipinski definition) is 7. The molecule has 0 amide bonds. The molecule has 1 fully saturated rings. The molecule has 8 nitrogen and oxygen atoms in total. The molecule has 0 aliphatic carbocycles. The van der Waals surface area contributed by atoms with Crippen molar-refractivity contribution in [2.45, 2.75) is 38.8 Å². The van der Waals surface area contributed by atoms with Crippen LogP contribution in [0.15, 0.2) is 42.7 Å². The number of hydrogen-bond donors (Lipinski definition) is 0. The van der Waals surface area contributed by atoms with Crippen LogP contribution in [0, 0.1) is 17.2 Å². The zero-order valence-corrected chi connectivity index (χ0v) is 21.8. The van der Waals surface area contributed by atoms with Gasteiger partial charge in [-0.05, 0) is 61.1 Å². The van der Waals surface area contributed by atoms with Gasteiger partial charge in [0.2, 0.25) is 0 Å². The maximum absolute atomic E-state index is 14.0. The summed E-state index contributed by atoms with van der Waals surface area (Å²) in [5, 5.41) is 13.9. The maximum atomic E-state index is 14.0. The Morgan fingerprint density at radius 2 is 1.87 bits per heavy atom. The van der Waals surface area contributed by atoms with Gasteiger partial charge in [0.1, 0.15) is 11.9 Å². The highest BCUT2D eigenvalue weighted by molar-refractivity contribution is 6.30. The monoisotopic (exact) mass is 559 g/mol. The van der Waals surface area contributed by atoms with Crippen LogP contribution in [0.25, 0.3) is 5.69 Å². The Labute approximate surface area is 227 Å². The number of alkyl halides is 3. The summed E-state index contributed by atoms with van der Waals surface area (Å²) in [6.45, 7) is 3.06. The lowest BCUT2D eigenvalue weighted by Gasteiger charge is -2.33. The Morgan fingerprint density at radius 1 is 1.18 bits per heavy atom. The van der Waals surface area contributed by atoms with Crippen LogP contribution in [0.2, 0.25) is 5.02 Å². The minimum Gasteiger partial charge on any atom is -0.466 e. The molecule has 0 unspecified atom stereocenters. The van der Waals surface area contributed by atoms with Crippen LogP contribution in [-0.4, -0.2) is 46.2 Å². The number of pyridine rings is 1. The van der Waals surface area contributed by atoms with E-state index in [9.17, 15) is 28.0 Å². The zero-order chi connectivity index (χ0) is 28.2. The van der Waals surface area contributed by atoms with Crippen molar-refractivity contribution in [1.29, 1.82) is 5.26 Å². The molecule has 3 aromatic rings. The second-order valence-electron chi connectivity index (χ2n) is 9.28. The molecule has 1 aromatic carbocycles. The molecule has 0 saturated carbocycles. The van der Waals surface area contributed by atoms with Gasteiger partial charge in [-0.25, -0.2) is 9.67 Å². The number of nitrogens with zero attached hydrogens (tertiary/aromatic N) is 5. The molecule has 0 radical (unpaired) electrons. The quantitative estimate of drug-likeness (QED) is 0.269. The van der Waals surface area contributed by atoms with E-state index in [-0.39, 0.29) is 23.6 Å². The smallest absolute Gasteiger partial charge is 0.434 e. The number of Topliss-reactive ketones (excluding diaryl/α,β-unsaturated/α-hetero) is 1. The minimum atomic E-state index is -4.84. The highest BCUT2D eigenvalue weighted by Crippen LogP contribution is 2.35. The summed E-state index contributed by atoms with van der Waals surface area (Å²) in [6.07, 6.45) is -0.462. The van der Waals surface area contributed by atoms with Gasteiger partial charge in [-0.15, -0.1) is 0 Å². The van der Waals surface area contributed by atoms with E-state index in [4.69, 9.17) is 16.3 Å². The third-order valence-corrected chi connectivity index (χ3v) is 6.82. The average Bonchev–Trinajstić information content (AvgIpc) is 3.36. The van der Waals surface area contributed by atoms with Crippen molar-refractivity contribution in [3.63, 3.8) is 0 Å². The van der Waals surface area contributed by atoms with E-state index in [1.54, 1.807) is 0 Å². The van der Waals surface area contributed by atoms with Crippen molar-refractivity contribution in [2.24, 2.45) is 5.92 Å². The molecule has 1 aliphatic rings. The first-order valence-electron chi connectivity index (χ1n) is 12.3. The molecule has 0 N–H and O–H groups in total. The summed E-state index contributed by atoms with van der Waals surface area (Å²) < 4.78 is 47.7. The molecule has 0 bridgehead atoms. The van der Waals surface area contributed by atoms with E-state index in [0.717, 1.165) is 25.5 Å². The van der Waals surface area contributed by atoms with E-state index in [1.165, 1.54) is 43.5 Å². The van der Waals surface area contributed by atoms with E-state index < -0.39 is 23.2 Å². The van der Waals surface area contributed by atoms with Gasteiger partial charge in [0.25, 0.3) is 0 Å². The average molecular weight is 560 g/mol. The van der Waals surface area contributed by atoms with Crippen molar-refractivity contribution in [3.05, 3.63) is 70.1 Å². The number of ether oxygens (including phenoxy) is 1. The van der Waals surface area contributed by atoms with Crippen molar-refractivity contribution in [3.8, 4) is 11.8 Å².